The number of pyridine rings is 1. The van der Waals surface area contributed by atoms with Gasteiger partial charge < -0.3 is 4.90 Å². The number of aromatic nitrogens is 3. The molecule has 1 aliphatic heterocycles. The lowest BCUT2D eigenvalue weighted by atomic mass is 10.0. The van der Waals surface area contributed by atoms with E-state index in [-0.39, 0.29) is 0 Å². The van der Waals surface area contributed by atoms with Crippen molar-refractivity contribution in [3.05, 3.63) is 88.0 Å². The van der Waals surface area contributed by atoms with Crippen LogP contribution in [-0.4, -0.2) is 43.8 Å². The monoisotopic (exact) mass is 532 g/mol. The number of hydrogen-bond acceptors (Lipinski definition) is 3. The smallest absolute Gasteiger partial charge is 0.131 e. The van der Waals surface area contributed by atoms with Gasteiger partial charge in [0.05, 0.1) is 6.20 Å². The average molecular weight is 532 g/mol. The van der Waals surface area contributed by atoms with E-state index in [0.717, 1.165) is 51.3 Å². The van der Waals surface area contributed by atoms with Gasteiger partial charge in [0.1, 0.15) is 11.6 Å². The zero-order valence-electron chi connectivity index (χ0n) is 17.4. The fourth-order valence-corrected chi connectivity index (χ4v) is 5.54. The van der Waals surface area contributed by atoms with Gasteiger partial charge in [0.2, 0.25) is 0 Å². The molecule has 0 amide bonds. The maximum atomic E-state index is 14.3. The van der Waals surface area contributed by atoms with Gasteiger partial charge in [0.15, 0.2) is 0 Å². The summed E-state index contributed by atoms with van der Waals surface area (Å²) in [5.41, 5.74) is 4.21. The highest BCUT2D eigenvalue weighted by Crippen LogP contribution is 2.29. The predicted molar refractivity (Wildman–Crippen MR) is 130 cm³/mol. The second kappa shape index (κ2) is 9.74. The first kappa shape index (κ1) is 21.7. The van der Waals surface area contributed by atoms with E-state index in [1.54, 1.807) is 6.20 Å². The van der Waals surface area contributed by atoms with E-state index >= 15 is 0 Å². The van der Waals surface area contributed by atoms with Crippen molar-refractivity contribution in [1.29, 1.82) is 0 Å². The van der Waals surface area contributed by atoms with Crippen LogP contribution >= 0.6 is 20.7 Å². The molecule has 0 atom stereocenters. The SMILES string of the molecule is CN(C)CCCn1cc(-c2cncc(C3=CC(c4cc(F)ccc4F)=IC=C3)c2)cn1. The van der Waals surface area contributed by atoms with Crippen LogP contribution in [0.15, 0.2) is 65.3 Å². The lowest BCUT2D eigenvalue weighted by Crippen LogP contribution is -2.15. The van der Waals surface area contributed by atoms with Gasteiger partial charge in [-0.25, -0.2) is 8.78 Å². The number of benzene rings is 1. The van der Waals surface area contributed by atoms with Gasteiger partial charge in [-0.15, -0.1) is 0 Å². The van der Waals surface area contributed by atoms with E-state index in [9.17, 15) is 8.78 Å². The molecule has 3 aromatic rings. The Bertz CT molecular complexity index is 1180. The van der Waals surface area contributed by atoms with Crippen LogP contribution in [0.1, 0.15) is 17.5 Å². The van der Waals surface area contributed by atoms with E-state index < -0.39 is 32.4 Å². The van der Waals surface area contributed by atoms with Crippen molar-refractivity contribution in [3.63, 3.8) is 0 Å². The molecule has 3 heterocycles. The van der Waals surface area contributed by atoms with E-state index in [0.29, 0.717) is 5.56 Å². The molecule has 0 unspecified atom stereocenters. The molecule has 0 N–H and O–H groups in total. The molecule has 0 bridgehead atoms. The minimum Gasteiger partial charge on any atom is -0.309 e. The first-order chi connectivity index (χ1) is 15.0. The van der Waals surface area contributed by atoms with Crippen molar-refractivity contribution in [2.45, 2.75) is 13.0 Å². The normalized spacial score (nSPS) is 13.7. The Morgan fingerprint density at radius 1 is 1.03 bits per heavy atom. The Balaban J connectivity index is 1.57. The van der Waals surface area contributed by atoms with Gasteiger partial charge in [-0.1, -0.05) is 20.7 Å². The summed E-state index contributed by atoms with van der Waals surface area (Å²) >= 11 is -0.523. The van der Waals surface area contributed by atoms with Gasteiger partial charge in [0.25, 0.3) is 0 Å². The van der Waals surface area contributed by atoms with Gasteiger partial charge in [-0.3, -0.25) is 9.67 Å². The fraction of sp³-hybridized carbons (Fsp3) is 0.208. The van der Waals surface area contributed by atoms with Crippen LogP contribution in [0, 0.1) is 11.6 Å². The van der Waals surface area contributed by atoms with Crippen LogP contribution in [0.2, 0.25) is 0 Å². The molecule has 160 valence electrons. The molecule has 0 aliphatic carbocycles. The molecule has 0 fully saturated rings. The Morgan fingerprint density at radius 3 is 2.71 bits per heavy atom. The van der Waals surface area contributed by atoms with E-state index in [1.807, 2.05) is 35.4 Å². The first-order valence-electron chi connectivity index (χ1n) is 9.96. The molecule has 0 spiro atoms. The molecule has 2 aromatic heterocycles. The summed E-state index contributed by atoms with van der Waals surface area (Å²) in [6.45, 7) is 1.88. The first-order valence-corrected chi connectivity index (χ1v) is 12.3. The summed E-state index contributed by atoms with van der Waals surface area (Å²) in [4.78, 5) is 6.57. The fourth-order valence-electron chi connectivity index (χ4n) is 3.32. The Hall–Kier alpha value is -2.52. The van der Waals surface area contributed by atoms with Crippen molar-refractivity contribution in [3.8, 4) is 11.1 Å². The molecule has 1 aromatic carbocycles. The lowest BCUT2D eigenvalue weighted by molar-refractivity contribution is 0.380. The standard InChI is InChI=1S/C24H23F2IN4/c1-30(2)8-3-9-31-16-20(15-29-31)19-10-18(13-28-14-19)17-6-7-27-24(11-17)22-12-21(25)4-5-23(22)26/h4-7,10-16H,3,8-9H2,1-2H3. The molecule has 4 nitrogen and oxygen atoms in total. The molecule has 31 heavy (non-hydrogen) atoms. The molecule has 0 saturated heterocycles. The molecular formula is C24H23F2IN4. The average Bonchev–Trinajstić information content (AvgIpc) is 3.24. The van der Waals surface area contributed by atoms with Crippen molar-refractivity contribution < 1.29 is 8.78 Å². The highest BCUT2D eigenvalue weighted by Gasteiger charge is 2.13. The largest absolute Gasteiger partial charge is 0.309 e. The Labute approximate surface area is 190 Å². The number of rotatable bonds is 7. The summed E-state index contributed by atoms with van der Waals surface area (Å²) in [5.74, 6) is -0.820. The van der Waals surface area contributed by atoms with Crippen LogP contribution in [0.25, 0.3) is 16.7 Å². The molecule has 1 aliphatic rings. The summed E-state index contributed by atoms with van der Waals surface area (Å²) in [5, 5.41) is 4.47. The van der Waals surface area contributed by atoms with E-state index in [4.69, 9.17) is 0 Å². The zero-order valence-corrected chi connectivity index (χ0v) is 19.6. The van der Waals surface area contributed by atoms with Crippen LogP contribution in [0.5, 0.6) is 0 Å². The summed E-state index contributed by atoms with van der Waals surface area (Å²) in [6.07, 6.45) is 12.5. The van der Waals surface area contributed by atoms with Crippen molar-refractivity contribution in [2.24, 2.45) is 0 Å². The molecule has 7 heteroatoms. The Morgan fingerprint density at radius 2 is 1.87 bits per heavy atom. The molecule has 0 radical (unpaired) electrons. The summed E-state index contributed by atoms with van der Waals surface area (Å²) in [6, 6.07) is 5.67. The number of halogens is 3. The van der Waals surface area contributed by atoms with Crippen molar-refractivity contribution >= 4 is 29.8 Å². The molecular weight excluding hydrogens is 509 g/mol. The number of allylic oxidation sites excluding steroid dienone is 3. The third-order valence-electron chi connectivity index (χ3n) is 4.92. The second-order valence-electron chi connectivity index (χ2n) is 7.58. The summed E-state index contributed by atoms with van der Waals surface area (Å²) < 4.78 is 32.8. The molecule has 4 rings (SSSR count). The predicted octanol–water partition coefficient (Wildman–Crippen LogP) is 5.28. The number of aryl methyl sites for hydroxylation is 1. The van der Waals surface area contributed by atoms with Gasteiger partial charge in [0, 0.05) is 50.9 Å². The van der Waals surface area contributed by atoms with Crippen LogP contribution in [0.4, 0.5) is 8.78 Å². The zero-order chi connectivity index (χ0) is 21.8. The van der Waals surface area contributed by atoms with Gasteiger partial charge in [-0.05, 0) is 73.1 Å². The van der Waals surface area contributed by atoms with Gasteiger partial charge in [-0.2, -0.15) is 5.10 Å². The maximum Gasteiger partial charge on any atom is 0.131 e. The lowest BCUT2D eigenvalue weighted by Gasteiger charge is -2.11. The Kier molecular flexibility index (Phi) is 6.82. The number of nitrogens with zero attached hydrogens (tertiary/aromatic N) is 4. The number of hydrogen-bond donors (Lipinski definition) is 0. The third kappa shape index (κ3) is 5.40. The minimum atomic E-state index is -0.523. The minimum absolute atomic E-state index is 0.345. The highest BCUT2D eigenvalue weighted by atomic mass is 127. The van der Waals surface area contributed by atoms with Crippen molar-refractivity contribution in [1.82, 2.24) is 19.7 Å². The topological polar surface area (TPSA) is 34.0 Å². The van der Waals surface area contributed by atoms with Crippen LogP contribution < -0.4 is 0 Å². The summed E-state index contributed by atoms with van der Waals surface area (Å²) in [7, 11) is 4.13. The van der Waals surface area contributed by atoms with E-state index in [1.165, 1.54) is 12.1 Å². The van der Waals surface area contributed by atoms with E-state index in [2.05, 4.69) is 39.2 Å². The van der Waals surface area contributed by atoms with Crippen LogP contribution in [0.3, 0.4) is 0 Å². The highest BCUT2D eigenvalue weighted by molar-refractivity contribution is 14.2. The quantitative estimate of drug-likeness (QED) is 0.389. The van der Waals surface area contributed by atoms with Crippen LogP contribution in [-0.2, 0) is 6.54 Å². The third-order valence-corrected chi connectivity index (χ3v) is 7.20. The molecule has 0 saturated carbocycles. The maximum absolute atomic E-state index is 14.3. The second-order valence-corrected chi connectivity index (χ2v) is 10.1. The van der Waals surface area contributed by atoms with Crippen molar-refractivity contribution in [2.75, 3.05) is 20.6 Å². The van der Waals surface area contributed by atoms with Gasteiger partial charge >= 0.3 is 0 Å².